The van der Waals surface area contributed by atoms with Gasteiger partial charge in [-0.3, -0.25) is 0 Å². The van der Waals surface area contributed by atoms with Crippen molar-refractivity contribution in [3.63, 3.8) is 0 Å². The van der Waals surface area contributed by atoms with Gasteiger partial charge in [-0.15, -0.1) is 12.4 Å². The van der Waals surface area contributed by atoms with E-state index in [-0.39, 0.29) is 18.4 Å². The molecular formula is C12H21ClN2. The van der Waals surface area contributed by atoms with Crippen LogP contribution in [0.25, 0.3) is 0 Å². The molecule has 0 saturated heterocycles. The molecule has 0 saturated carbocycles. The zero-order valence-corrected chi connectivity index (χ0v) is 10.3. The lowest BCUT2D eigenvalue weighted by atomic mass is 9.97. The van der Waals surface area contributed by atoms with Crippen molar-refractivity contribution in [3.05, 3.63) is 34.9 Å². The third-order valence-corrected chi connectivity index (χ3v) is 2.54. The SMILES string of the molecule is Cc1ccc([C@H](N)CCCN)c(C)c1.Cl. The lowest BCUT2D eigenvalue weighted by molar-refractivity contribution is 0.615. The Labute approximate surface area is 98.5 Å². The van der Waals surface area contributed by atoms with Crippen LogP contribution in [-0.4, -0.2) is 6.54 Å². The van der Waals surface area contributed by atoms with Gasteiger partial charge in [-0.2, -0.15) is 0 Å². The van der Waals surface area contributed by atoms with Gasteiger partial charge in [0.1, 0.15) is 0 Å². The maximum atomic E-state index is 6.08. The van der Waals surface area contributed by atoms with Gasteiger partial charge in [0.25, 0.3) is 0 Å². The summed E-state index contributed by atoms with van der Waals surface area (Å²) in [7, 11) is 0. The molecule has 0 unspecified atom stereocenters. The van der Waals surface area contributed by atoms with E-state index in [0.717, 1.165) is 19.4 Å². The highest BCUT2D eigenvalue weighted by Crippen LogP contribution is 2.20. The van der Waals surface area contributed by atoms with E-state index in [1.807, 2.05) is 0 Å². The van der Waals surface area contributed by atoms with Crippen LogP contribution in [-0.2, 0) is 0 Å². The molecule has 0 aliphatic rings. The highest BCUT2D eigenvalue weighted by Gasteiger charge is 2.07. The van der Waals surface area contributed by atoms with Crippen molar-refractivity contribution in [2.45, 2.75) is 32.7 Å². The minimum absolute atomic E-state index is 0. The van der Waals surface area contributed by atoms with Crippen LogP contribution in [0.1, 0.15) is 35.6 Å². The van der Waals surface area contributed by atoms with Crippen LogP contribution in [0.3, 0.4) is 0 Å². The first-order valence-electron chi connectivity index (χ1n) is 5.18. The highest BCUT2D eigenvalue weighted by atomic mass is 35.5. The number of hydrogen-bond acceptors (Lipinski definition) is 2. The van der Waals surface area contributed by atoms with Crippen LogP contribution in [0, 0.1) is 13.8 Å². The molecule has 1 aromatic carbocycles. The van der Waals surface area contributed by atoms with Crippen LogP contribution in [0.5, 0.6) is 0 Å². The van der Waals surface area contributed by atoms with E-state index < -0.39 is 0 Å². The molecule has 86 valence electrons. The fourth-order valence-corrected chi connectivity index (χ4v) is 1.73. The van der Waals surface area contributed by atoms with E-state index in [0.29, 0.717) is 0 Å². The lowest BCUT2D eigenvalue weighted by Gasteiger charge is -2.14. The molecule has 15 heavy (non-hydrogen) atoms. The molecule has 0 aliphatic carbocycles. The lowest BCUT2D eigenvalue weighted by Crippen LogP contribution is -2.13. The van der Waals surface area contributed by atoms with Crippen LogP contribution < -0.4 is 11.5 Å². The number of halogens is 1. The minimum atomic E-state index is 0. The summed E-state index contributed by atoms with van der Waals surface area (Å²) >= 11 is 0. The van der Waals surface area contributed by atoms with E-state index in [2.05, 4.69) is 32.0 Å². The fraction of sp³-hybridized carbons (Fsp3) is 0.500. The molecule has 0 fully saturated rings. The van der Waals surface area contributed by atoms with Crippen molar-refractivity contribution in [2.75, 3.05) is 6.54 Å². The molecule has 1 aromatic rings. The Bertz CT molecular complexity index is 300. The van der Waals surface area contributed by atoms with E-state index in [4.69, 9.17) is 11.5 Å². The van der Waals surface area contributed by atoms with Crippen molar-refractivity contribution in [2.24, 2.45) is 11.5 Å². The topological polar surface area (TPSA) is 52.0 Å². The normalized spacial score (nSPS) is 12.0. The second-order valence-corrected chi connectivity index (χ2v) is 3.90. The van der Waals surface area contributed by atoms with E-state index in [1.165, 1.54) is 16.7 Å². The van der Waals surface area contributed by atoms with Crippen LogP contribution in [0.4, 0.5) is 0 Å². The molecule has 0 heterocycles. The summed E-state index contributed by atoms with van der Waals surface area (Å²) in [5.74, 6) is 0. The van der Waals surface area contributed by atoms with Crippen molar-refractivity contribution >= 4 is 12.4 Å². The summed E-state index contributed by atoms with van der Waals surface area (Å²) in [6.45, 7) is 4.94. The van der Waals surface area contributed by atoms with Crippen molar-refractivity contribution in [3.8, 4) is 0 Å². The predicted molar refractivity (Wildman–Crippen MR) is 68.4 cm³/mol. The van der Waals surface area contributed by atoms with Crippen molar-refractivity contribution in [1.29, 1.82) is 0 Å². The first-order valence-corrected chi connectivity index (χ1v) is 5.18. The molecule has 1 rings (SSSR count). The molecule has 0 aromatic heterocycles. The molecule has 0 bridgehead atoms. The fourth-order valence-electron chi connectivity index (χ4n) is 1.73. The van der Waals surface area contributed by atoms with Crippen molar-refractivity contribution < 1.29 is 0 Å². The zero-order valence-electron chi connectivity index (χ0n) is 9.49. The summed E-state index contributed by atoms with van der Waals surface area (Å²) in [4.78, 5) is 0. The molecule has 3 heteroatoms. The van der Waals surface area contributed by atoms with Gasteiger partial charge >= 0.3 is 0 Å². The van der Waals surface area contributed by atoms with Gasteiger partial charge in [0.15, 0.2) is 0 Å². The van der Waals surface area contributed by atoms with E-state index >= 15 is 0 Å². The number of benzene rings is 1. The standard InChI is InChI=1S/C12H20N2.ClH/c1-9-5-6-11(10(2)8-9)12(14)4-3-7-13;/h5-6,8,12H,3-4,7,13-14H2,1-2H3;1H/t12-;/m1./s1. The summed E-state index contributed by atoms with van der Waals surface area (Å²) < 4.78 is 0. The van der Waals surface area contributed by atoms with Crippen LogP contribution in [0.15, 0.2) is 18.2 Å². The van der Waals surface area contributed by atoms with Gasteiger partial charge in [0.2, 0.25) is 0 Å². The monoisotopic (exact) mass is 228 g/mol. The second-order valence-electron chi connectivity index (χ2n) is 3.90. The second kappa shape index (κ2) is 6.83. The Morgan fingerprint density at radius 2 is 1.93 bits per heavy atom. The third kappa shape index (κ3) is 4.20. The Morgan fingerprint density at radius 3 is 2.47 bits per heavy atom. The van der Waals surface area contributed by atoms with E-state index in [9.17, 15) is 0 Å². The van der Waals surface area contributed by atoms with Crippen LogP contribution >= 0.6 is 12.4 Å². The Hall–Kier alpha value is -0.570. The van der Waals surface area contributed by atoms with E-state index in [1.54, 1.807) is 0 Å². The molecule has 0 radical (unpaired) electrons. The third-order valence-electron chi connectivity index (χ3n) is 2.54. The molecule has 2 nitrogen and oxygen atoms in total. The maximum absolute atomic E-state index is 6.08. The summed E-state index contributed by atoms with van der Waals surface area (Å²) in [5, 5.41) is 0. The van der Waals surface area contributed by atoms with Gasteiger partial charge < -0.3 is 11.5 Å². The first-order chi connectivity index (χ1) is 6.65. The van der Waals surface area contributed by atoms with Gasteiger partial charge in [-0.1, -0.05) is 23.8 Å². The average molecular weight is 229 g/mol. The van der Waals surface area contributed by atoms with Gasteiger partial charge in [-0.25, -0.2) is 0 Å². The van der Waals surface area contributed by atoms with Gasteiger partial charge in [-0.05, 0) is 44.4 Å². The van der Waals surface area contributed by atoms with Crippen molar-refractivity contribution in [1.82, 2.24) is 0 Å². The summed E-state index contributed by atoms with van der Waals surface area (Å²) in [6.07, 6.45) is 1.97. The molecule has 4 N–H and O–H groups in total. The van der Waals surface area contributed by atoms with Gasteiger partial charge in [0.05, 0.1) is 0 Å². The number of nitrogens with two attached hydrogens (primary N) is 2. The molecular weight excluding hydrogens is 208 g/mol. The minimum Gasteiger partial charge on any atom is -0.330 e. The molecule has 0 amide bonds. The number of aryl methyl sites for hydroxylation is 2. The van der Waals surface area contributed by atoms with Crippen LogP contribution in [0.2, 0.25) is 0 Å². The van der Waals surface area contributed by atoms with Gasteiger partial charge in [0, 0.05) is 6.04 Å². The Kier molecular flexibility index (Phi) is 6.57. The Morgan fingerprint density at radius 1 is 1.27 bits per heavy atom. The first kappa shape index (κ1) is 14.4. The summed E-state index contributed by atoms with van der Waals surface area (Å²) in [6, 6.07) is 6.56. The average Bonchev–Trinajstić information content (AvgIpc) is 2.14. The zero-order chi connectivity index (χ0) is 10.6. The quantitative estimate of drug-likeness (QED) is 0.832. The molecule has 0 aliphatic heterocycles. The number of hydrogen-bond donors (Lipinski definition) is 2. The molecule has 1 atom stereocenters. The predicted octanol–water partition coefficient (Wildman–Crippen LogP) is 2.46. The number of rotatable bonds is 4. The largest absolute Gasteiger partial charge is 0.330 e. The maximum Gasteiger partial charge on any atom is 0.0297 e. The molecule has 0 spiro atoms. The highest BCUT2D eigenvalue weighted by molar-refractivity contribution is 5.85. The Balaban J connectivity index is 0.00000196. The smallest absolute Gasteiger partial charge is 0.0297 e. The summed E-state index contributed by atoms with van der Waals surface area (Å²) in [5.41, 5.74) is 15.4.